The van der Waals surface area contributed by atoms with E-state index < -0.39 is 16.7 Å². The lowest BCUT2D eigenvalue weighted by molar-refractivity contribution is -0.384. The van der Waals surface area contributed by atoms with Crippen molar-refractivity contribution >= 4 is 66.8 Å². The van der Waals surface area contributed by atoms with E-state index in [0.29, 0.717) is 20.2 Å². The monoisotopic (exact) mass is 612 g/mol. The molecule has 0 aliphatic carbocycles. The van der Waals surface area contributed by atoms with E-state index in [1.54, 1.807) is 18.2 Å². The van der Waals surface area contributed by atoms with Crippen LogP contribution >= 0.6 is 31.9 Å². The summed E-state index contributed by atoms with van der Waals surface area (Å²) in [4.78, 5) is 35.5. The Bertz CT molecular complexity index is 1420. The Hall–Kier alpha value is -4.01. The number of ether oxygens (including phenoxy) is 1. The minimum Gasteiger partial charge on any atom is -0.482 e. The molecular weight excluding hydrogens is 596 g/mol. The van der Waals surface area contributed by atoms with Crippen LogP contribution in [0.25, 0.3) is 6.08 Å². The van der Waals surface area contributed by atoms with Crippen LogP contribution in [0.1, 0.15) is 11.1 Å². The molecule has 0 spiro atoms. The van der Waals surface area contributed by atoms with Crippen molar-refractivity contribution in [1.29, 1.82) is 5.26 Å². The Balaban J connectivity index is 1.81. The lowest BCUT2D eigenvalue weighted by atomic mass is 10.1. The summed E-state index contributed by atoms with van der Waals surface area (Å²) in [6.07, 6.45) is 1.30. The van der Waals surface area contributed by atoms with Crippen molar-refractivity contribution in [2.24, 2.45) is 0 Å². The molecule has 0 atom stereocenters. The molecule has 0 fully saturated rings. The van der Waals surface area contributed by atoms with Gasteiger partial charge >= 0.3 is 0 Å². The average Bonchev–Trinajstić information content (AvgIpc) is 2.81. The Morgan fingerprint density at radius 3 is 2.44 bits per heavy atom. The van der Waals surface area contributed by atoms with Gasteiger partial charge in [0.1, 0.15) is 17.4 Å². The third kappa shape index (κ3) is 7.24. The summed E-state index contributed by atoms with van der Waals surface area (Å²) in [6, 6.07) is 17.8. The van der Waals surface area contributed by atoms with Gasteiger partial charge in [-0.15, -0.1) is 0 Å². The van der Waals surface area contributed by atoms with Crippen LogP contribution < -0.4 is 15.4 Å². The summed E-state index contributed by atoms with van der Waals surface area (Å²) >= 11 is 6.75. The molecule has 0 bridgehead atoms. The molecule has 0 aromatic heterocycles. The minimum atomic E-state index is -0.766. The molecule has 3 aromatic carbocycles. The predicted octanol–water partition coefficient (Wildman–Crippen LogP) is 5.99. The highest BCUT2D eigenvalue weighted by Gasteiger charge is 2.16. The number of hydrogen-bond donors (Lipinski definition) is 2. The Morgan fingerprint density at radius 1 is 1.08 bits per heavy atom. The normalized spacial score (nSPS) is 10.8. The quantitative estimate of drug-likeness (QED) is 0.139. The molecule has 0 saturated heterocycles. The van der Waals surface area contributed by atoms with Gasteiger partial charge in [-0.3, -0.25) is 19.7 Å². The molecule has 0 aliphatic heterocycles. The first kappa shape index (κ1) is 26.6. The van der Waals surface area contributed by atoms with Crippen LogP contribution in [-0.4, -0.2) is 23.3 Å². The number of aryl methyl sites for hydroxylation is 1. The maximum atomic E-state index is 12.7. The Morgan fingerprint density at radius 2 is 1.78 bits per heavy atom. The van der Waals surface area contributed by atoms with E-state index in [1.807, 2.05) is 31.2 Å². The topological polar surface area (TPSA) is 134 Å². The lowest BCUT2D eigenvalue weighted by Crippen LogP contribution is -2.20. The fourth-order valence-corrected chi connectivity index (χ4v) is 4.47. The Kier molecular flexibility index (Phi) is 8.94. The van der Waals surface area contributed by atoms with Gasteiger partial charge in [0.2, 0.25) is 0 Å². The second-order valence-electron chi connectivity index (χ2n) is 7.44. The average molecular weight is 614 g/mol. The highest BCUT2D eigenvalue weighted by atomic mass is 79.9. The third-order valence-corrected chi connectivity index (χ3v) is 5.71. The second kappa shape index (κ2) is 12.1. The lowest BCUT2D eigenvalue weighted by Gasteiger charge is -2.13. The molecule has 0 unspecified atom stereocenters. The van der Waals surface area contributed by atoms with E-state index in [0.717, 1.165) is 5.56 Å². The zero-order chi connectivity index (χ0) is 26.2. The van der Waals surface area contributed by atoms with Crippen LogP contribution in [0.15, 0.2) is 75.2 Å². The van der Waals surface area contributed by atoms with Crippen molar-refractivity contribution in [2.45, 2.75) is 6.92 Å². The van der Waals surface area contributed by atoms with Gasteiger partial charge in [-0.05, 0) is 64.8 Å². The van der Waals surface area contributed by atoms with Crippen molar-refractivity contribution in [3.63, 3.8) is 0 Å². The molecule has 3 rings (SSSR count). The second-order valence-corrected chi connectivity index (χ2v) is 9.21. The first-order valence-electron chi connectivity index (χ1n) is 10.3. The summed E-state index contributed by atoms with van der Waals surface area (Å²) in [5.41, 5.74) is 1.65. The van der Waals surface area contributed by atoms with Gasteiger partial charge in [0.25, 0.3) is 17.5 Å². The molecule has 36 heavy (non-hydrogen) atoms. The molecule has 0 aliphatic rings. The number of benzene rings is 3. The number of hydrogen-bond acceptors (Lipinski definition) is 6. The van der Waals surface area contributed by atoms with Crippen LogP contribution in [0, 0.1) is 28.4 Å². The number of anilines is 2. The van der Waals surface area contributed by atoms with Crippen LogP contribution in [0.3, 0.4) is 0 Å². The number of amides is 2. The predicted molar refractivity (Wildman–Crippen MR) is 142 cm³/mol. The van der Waals surface area contributed by atoms with Gasteiger partial charge in [-0.2, -0.15) is 5.26 Å². The number of nitro benzene ring substituents is 1. The maximum Gasteiger partial charge on any atom is 0.271 e. The van der Waals surface area contributed by atoms with Gasteiger partial charge in [0.15, 0.2) is 6.61 Å². The van der Waals surface area contributed by atoms with Gasteiger partial charge in [0.05, 0.1) is 9.40 Å². The molecule has 182 valence electrons. The Labute approximate surface area is 223 Å². The molecule has 3 aromatic rings. The SMILES string of the molecule is Cc1cccc(NC(=O)COc2c(Br)cc(Br)cc2/C=C(/C#N)C(=O)Nc2cccc([N+](=O)[O-])c2)c1. The van der Waals surface area contributed by atoms with Crippen molar-refractivity contribution in [3.05, 3.63) is 96.4 Å². The van der Waals surface area contributed by atoms with E-state index in [1.165, 1.54) is 30.3 Å². The number of nitriles is 1. The third-order valence-electron chi connectivity index (χ3n) is 4.67. The zero-order valence-electron chi connectivity index (χ0n) is 18.7. The van der Waals surface area contributed by atoms with Crippen molar-refractivity contribution in [2.75, 3.05) is 17.2 Å². The van der Waals surface area contributed by atoms with Crippen LogP contribution in [0.5, 0.6) is 5.75 Å². The van der Waals surface area contributed by atoms with Crippen LogP contribution in [-0.2, 0) is 9.59 Å². The molecule has 0 radical (unpaired) electrons. The van der Waals surface area contributed by atoms with Crippen LogP contribution in [0.4, 0.5) is 17.1 Å². The fraction of sp³-hybridized carbons (Fsp3) is 0.0800. The number of nitrogens with zero attached hydrogens (tertiary/aromatic N) is 2. The summed E-state index contributed by atoms with van der Waals surface area (Å²) < 4.78 is 6.85. The molecule has 11 heteroatoms. The smallest absolute Gasteiger partial charge is 0.271 e. The maximum absolute atomic E-state index is 12.7. The molecule has 0 heterocycles. The van der Waals surface area contributed by atoms with Crippen molar-refractivity contribution in [1.82, 2.24) is 0 Å². The summed E-state index contributed by atoms with van der Waals surface area (Å²) in [5.74, 6) is -0.917. The number of nitro groups is 1. The molecule has 9 nitrogen and oxygen atoms in total. The number of non-ortho nitro benzene ring substituents is 1. The molecule has 2 N–H and O–H groups in total. The highest BCUT2D eigenvalue weighted by Crippen LogP contribution is 2.34. The molecule has 2 amide bonds. The number of nitrogens with one attached hydrogen (secondary N) is 2. The first-order valence-corrected chi connectivity index (χ1v) is 11.9. The summed E-state index contributed by atoms with van der Waals surface area (Å²) in [6.45, 7) is 1.59. The van der Waals surface area contributed by atoms with E-state index in [4.69, 9.17) is 4.74 Å². The number of carbonyl (C=O) groups is 2. The van der Waals surface area contributed by atoms with E-state index >= 15 is 0 Å². The van der Waals surface area contributed by atoms with Crippen molar-refractivity contribution < 1.29 is 19.2 Å². The number of rotatable bonds is 8. The van der Waals surface area contributed by atoms with Crippen molar-refractivity contribution in [3.8, 4) is 11.8 Å². The minimum absolute atomic E-state index is 0.162. The van der Waals surface area contributed by atoms with E-state index in [-0.39, 0.29) is 29.3 Å². The van der Waals surface area contributed by atoms with Gasteiger partial charge in [-0.25, -0.2) is 0 Å². The summed E-state index contributed by atoms with van der Waals surface area (Å²) in [7, 11) is 0. The number of halogens is 2. The molecule has 0 saturated carbocycles. The first-order chi connectivity index (χ1) is 17.2. The van der Waals surface area contributed by atoms with Gasteiger partial charge in [0, 0.05) is 33.5 Å². The van der Waals surface area contributed by atoms with E-state index in [2.05, 4.69) is 42.5 Å². The largest absolute Gasteiger partial charge is 0.482 e. The summed E-state index contributed by atoms with van der Waals surface area (Å²) in [5, 5.41) is 25.8. The molecular formula is C25H18Br2N4O5. The number of carbonyl (C=O) groups excluding carboxylic acids is 2. The van der Waals surface area contributed by atoms with E-state index in [9.17, 15) is 25.0 Å². The van der Waals surface area contributed by atoms with Gasteiger partial charge in [-0.1, -0.05) is 34.1 Å². The zero-order valence-corrected chi connectivity index (χ0v) is 21.9. The van der Waals surface area contributed by atoms with Gasteiger partial charge < -0.3 is 15.4 Å². The van der Waals surface area contributed by atoms with Crippen LogP contribution in [0.2, 0.25) is 0 Å². The fourth-order valence-electron chi connectivity index (χ4n) is 3.10. The highest BCUT2D eigenvalue weighted by molar-refractivity contribution is 9.11. The standard InChI is InChI=1S/C25H18Br2N4O5/c1-15-4-2-5-19(8-15)29-23(32)14-36-24-16(10-18(26)11-22(24)27)9-17(13-28)25(33)30-20-6-3-7-21(12-20)31(34)35/h2-12H,14H2,1H3,(H,29,32)(H,30,33)/b17-9-.